The van der Waals surface area contributed by atoms with Gasteiger partial charge in [0.25, 0.3) is 0 Å². The number of carbonyl (C=O) groups is 2. The van der Waals surface area contributed by atoms with Gasteiger partial charge >= 0.3 is 6.03 Å². The third-order valence-electron chi connectivity index (χ3n) is 6.36. The lowest BCUT2D eigenvalue weighted by Gasteiger charge is -2.32. The SMILES string of the molecule is CCN(CC1(C)CNC(=O)N1)C(=O)C(C)c1ccc(OCc2cc(C)nc3ccccc23)cc1. The molecule has 1 aliphatic rings. The Morgan fingerprint density at radius 1 is 1.21 bits per heavy atom. The Kier molecular flexibility index (Phi) is 6.72. The van der Waals surface area contributed by atoms with Crippen molar-refractivity contribution in [2.45, 2.75) is 45.8 Å². The molecule has 2 atom stereocenters. The highest BCUT2D eigenvalue weighted by Crippen LogP contribution is 2.24. The molecular formula is C27H32N4O3. The Morgan fingerprint density at radius 2 is 1.94 bits per heavy atom. The molecule has 0 spiro atoms. The Balaban J connectivity index is 1.41. The summed E-state index contributed by atoms with van der Waals surface area (Å²) in [5, 5.41) is 6.78. The minimum absolute atomic E-state index is 0.0391. The van der Waals surface area contributed by atoms with Crippen LogP contribution in [-0.4, -0.2) is 47.0 Å². The number of para-hydroxylation sites is 1. The molecule has 4 rings (SSSR count). The topological polar surface area (TPSA) is 83.6 Å². The van der Waals surface area contributed by atoms with Crippen molar-refractivity contribution in [3.05, 3.63) is 71.4 Å². The molecule has 1 aromatic heterocycles. The van der Waals surface area contributed by atoms with E-state index in [9.17, 15) is 9.59 Å². The minimum Gasteiger partial charge on any atom is -0.489 e. The fraction of sp³-hybridized carbons (Fsp3) is 0.370. The fourth-order valence-electron chi connectivity index (χ4n) is 4.44. The second-order valence-electron chi connectivity index (χ2n) is 9.24. The number of aromatic nitrogens is 1. The zero-order valence-electron chi connectivity index (χ0n) is 20.2. The van der Waals surface area contributed by atoms with Crippen LogP contribution in [0.25, 0.3) is 10.9 Å². The highest BCUT2D eigenvalue weighted by Gasteiger charge is 2.36. The summed E-state index contributed by atoms with van der Waals surface area (Å²) in [6.45, 7) is 9.80. The zero-order chi connectivity index (χ0) is 24.3. The largest absolute Gasteiger partial charge is 0.489 e. The number of carbonyl (C=O) groups excluding carboxylic acids is 2. The summed E-state index contributed by atoms with van der Waals surface area (Å²) in [5.41, 5.74) is 3.49. The second-order valence-corrected chi connectivity index (χ2v) is 9.24. The quantitative estimate of drug-likeness (QED) is 0.529. The molecule has 1 fully saturated rings. The van der Waals surface area contributed by atoms with Crippen LogP contribution in [0.5, 0.6) is 5.75 Å². The van der Waals surface area contributed by atoms with E-state index in [0.29, 0.717) is 26.2 Å². The molecule has 0 bridgehead atoms. The molecule has 7 nitrogen and oxygen atoms in total. The average Bonchev–Trinajstić information content (AvgIpc) is 3.18. The van der Waals surface area contributed by atoms with Crippen LogP contribution in [0.2, 0.25) is 0 Å². The number of hydrogen-bond donors (Lipinski definition) is 2. The van der Waals surface area contributed by atoms with E-state index in [1.165, 1.54) is 0 Å². The number of pyridine rings is 1. The molecule has 0 aliphatic carbocycles. The first-order chi connectivity index (χ1) is 16.3. The molecule has 7 heteroatoms. The van der Waals surface area contributed by atoms with E-state index in [0.717, 1.165) is 33.5 Å². The summed E-state index contributed by atoms with van der Waals surface area (Å²) in [7, 11) is 0. The molecular weight excluding hydrogens is 428 g/mol. The van der Waals surface area contributed by atoms with Crippen LogP contribution < -0.4 is 15.4 Å². The summed E-state index contributed by atoms with van der Waals surface area (Å²) in [5.74, 6) is 0.494. The van der Waals surface area contributed by atoms with E-state index in [-0.39, 0.29) is 17.9 Å². The predicted octanol–water partition coefficient (Wildman–Crippen LogP) is 4.15. The molecule has 2 unspecified atom stereocenters. The summed E-state index contributed by atoms with van der Waals surface area (Å²) < 4.78 is 6.06. The third kappa shape index (κ3) is 5.14. The molecule has 0 radical (unpaired) electrons. The van der Waals surface area contributed by atoms with Gasteiger partial charge in [0, 0.05) is 36.3 Å². The first-order valence-corrected chi connectivity index (χ1v) is 11.7. The number of aryl methyl sites for hydroxylation is 1. The van der Waals surface area contributed by atoms with Gasteiger partial charge < -0.3 is 20.3 Å². The van der Waals surface area contributed by atoms with Crippen LogP contribution in [0.3, 0.4) is 0 Å². The van der Waals surface area contributed by atoms with Crippen molar-refractivity contribution >= 4 is 22.8 Å². The Hall–Kier alpha value is -3.61. The van der Waals surface area contributed by atoms with Gasteiger partial charge in [-0.3, -0.25) is 9.78 Å². The van der Waals surface area contributed by atoms with Gasteiger partial charge in [-0.1, -0.05) is 30.3 Å². The molecule has 3 amide bonds. The zero-order valence-corrected chi connectivity index (χ0v) is 20.2. The smallest absolute Gasteiger partial charge is 0.315 e. The molecule has 2 aromatic carbocycles. The normalized spacial score (nSPS) is 18.3. The van der Waals surface area contributed by atoms with E-state index in [1.54, 1.807) is 4.90 Å². The molecule has 0 saturated carbocycles. The van der Waals surface area contributed by atoms with Crippen LogP contribution in [0, 0.1) is 6.92 Å². The average molecular weight is 461 g/mol. The first kappa shape index (κ1) is 23.5. The standard InChI is InChI=1S/C27H32N4O3/c1-5-31(17-27(4)16-28-26(33)30-27)25(32)19(3)20-10-12-22(13-11-20)34-15-21-14-18(2)29-24-9-7-6-8-23(21)24/h6-14,19H,5,15-17H2,1-4H3,(H2,28,30,33). The molecule has 34 heavy (non-hydrogen) atoms. The molecule has 3 aromatic rings. The van der Waals surface area contributed by atoms with Crippen LogP contribution >= 0.6 is 0 Å². The van der Waals surface area contributed by atoms with Gasteiger partial charge in [-0.15, -0.1) is 0 Å². The maximum absolute atomic E-state index is 13.2. The van der Waals surface area contributed by atoms with E-state index in [1.807, 2.05) is 70.2 Å². The highest BCUT2D eigenvalue weighted by molar-refractivity contribution is 5.84. The van der Waals surface area contributed by atoms with Crippen molar-refractivity contribution in [1.29, 1.82) is 0 Å². The maximum Gasteiger partial charge on any atom is 0.315 e. The number of urea groups is 1. The number of fused-ring (bicyclic) bond motifs is 1. The lowest BCUT2D eigenvalue weighted by Crippen LogP contribution is -2.52. The molecule has 1 saturated heterocycles. The van der Waals surface area contributed by atoms with E-state index in [4.69, 9.17) is 4.74 Å². The molecule has 2 N–H and O–H groups in total. The van der Waals surface area contributed by atoms with Crippen molar-refractivity contribution in [3.63, 3.8) is 0 Å². The van der Waals surface area contributed by atoms with Gasteiger partial charge in [-0.2, -0.15) is 0 Å². The number of hydrogen-bond acceptors (Lipinski definition) is 4. The summed E-state index contributed by atoms with van der Waals surface area (Å²) in [6.07, 6.45) is 0. The summed E-state index contributed by atoms with van der Waals surface area (Å²) in [6, 6.07) is 17.6. The predicted molar refractivity (Wildman–Crippen MR) is 133 cm³/mol. The van der Waals surface area contributed by atoms with Crippen molar-refractivity contribution in [2.75, 3.05) is 19.6 Å². The Labute approximate surface area is 200 Å². The molecule has 178 valence electrons. The van der Waals surface area contributed by atoms with Gasteiger partial charge in [-0.05, 0) is 57.5 Å². The summed E-state index contributed by atoms with van der Waals surface area (Å²) >= 11 is 0. The Morgan fingerprint density at radius 3 is 2.62 bits per heavy atom. The minimum atomic E-state index is -0.463. The van der Waals surface area contributed by atoms with Gasteiger partial charge in [0.05, 0.1) is 17.0 Å². The van der Waals surface area contributed by atoms with Gasteiger partial charge in [-0.25, -0.2) is 4.79 Å². The van der Waals surface area contributed by atoms with Crippen molar-refractivity contribution < 1.29 is 14.3 Å². The number of benzene rings is 2. The van der Waals surface area contributed by atoms with E-state index >= 15 is 0 Å². The lowest BCUT2D eigenvalue weighted by atomic mass is 9.97. The first-order valence-electron chi connectivity index (χ1n) is 11.7. The highest BCUT2D eigenvalue weighted by atomic mass is 16.5. The number of amides is 3. The maximum atomic E-state index is 13.2. The van der Waals surface area contributed by atoms with Crippen LogP contribution in [0.4, 0.5) is 4.79 Å². The lowest BCUT2D eigenvalue weighted by molar-refractivity contribution is -0.133. The Bertz CT molecular complexity index is 1190. The van der Waals surface area contributed by atoms with Gasteiger partial charge in [0.15, 0.2) is 0 Å². The van der Waals surface area contributed by atoms with E-state index in [2.05, 4.69) is 27.8 Å². The second kappa shape index (κ2) is 9.71. The van der Waals surface area contributed by atoms with Crippen molar-refractivity contribution in [1.82, 2.24) is 20.5 Å². The number of nitrogens with zero attached hydrogens (tertiary/aromatic N) is 2. The third-order valence-corrected chi connectivity index (χ3v) is 6.36. The monoisotopic (exact) mass is 460 g/mol. The van der Waals surface area contributed by atoms with Crippen LogP contribution in [0.1, 0.15) is 43.5 Å². The van der Waals surface area contributed by atoms with Gasteiger partial charge in [0.2, 0.25) is 5.91 Å². The van der Waals surface area contributed by atoms with Gasteiger partial charge in [0.1, 0.15) is 12.4 Å². The van der Waals surface area contributed by atoms with E-state index < -0.39 is 5.54 Å². The number of rotatable bonds is 8. The van der Waals surface area contributed by atoms with Crippen LogP contribution in [0.15, 0.2) is 54.6 Å². The number of ether oxygens (including phenoxy) is 1. The van der Waals surface area contributed by atoms with Crippen LogP contribution in [-0.2, 0) is 11.4 Å². The number of nitrogens with one attached hydrogen (secondary N) is 2. The number of likely N-dealkylation sites (N-methyl/N-ethyl adjacent to an activating group) is 1. The fourth-order valence-corrected chi connectivity index (χ4v) is 4.44. The summed E-state index contributed by atoms with van der Waals surface area (Å²) in [4.78, 5) is 31.2. The molecule has 2 heterocycles. The molecule has 1 aliphatic heterocycles. The van der Waals surface area contributed by atoms with Crippen molar-refractivity contribution in [2.24, 2.45) is 0 Å². The van der Waals surface area contributed by atoms with Crippen molar-refractivity contribution in [3.8, 4) is 5.75 Å².